The molecule has 1 aromatic heterocycles. The minimum Gasteiger partial charge on any atom is -0.338 e. The van der Waals surface area contributed by atoms with Gasteiger partial charge in [0.05, 0.1) is 15.2 Å². The van der Waals surface area contributed by atoms with E-state index in [-0.39, 0.29) is 25.4 Å². The molecular formula is C25H21ClFN3O2S. The van der Waals surface area contributed by atoms with Crippen LogP contribution in [0.3, 0.4) is 0 Å². The van der Waals surface area contributed by atoms with Crippen LogP contribution in [0.15, 0.2) is 47.3 Å². The van der Waals surface area contributed by atoms with E-state index in [1.165, 1.54) is 28.8 Å². The fourth-order valence-electron chi connectivity index (χ4n) is 3.81. The summed E-state index contributed by atoms with van der Waals surface area (Å²) in [5.74, 6) is -0.959. The van der Waals surface area contributed by atoms with Gasteiger partial charge < -0.3 is 4.90 Å². The van der Waals surface area contributed by atoms with Crippen molar-refractivity contribution in [3.8, 4) is 11.8 Å². The summed E-state index contributed by atoms with van der Waals surface area (Å²) in [4.78, 5) is 28.2. The minimum atomic E-state index is -0.562. The summed E-state index contributed by atoms with van der Waals surface area (Å²) in [6, 6.07) is 13.7. The van der Waals surface area contributed by atoms with Crippen molar-refractivity contribution in [2.75, 3.05) is 13.1 Å². The Balaban J connectivity index is 2.03. The van der Waals surface area contributed by atoms with Gasteiger partial charge in [0.15, 0.2) is 5.57 Å². The molecule has 3 aromatic rings. The molecule has 5 nitrogen and oxygen atoms in total. The highest BCUT2D eigenvalue weighted by molar-refractivity contribution is 7.07. The van der Waals surface area contributed by atoms with Crippen LogP contribution in [0.1, 0.15) is 30.9 Å². The Morgan fingerprint density at radius 2 is 1.91 bits per heavy atom. The van der Waals surface area contributed by atoms with Crippen LogP contribution in [-0.2, 0) is 11.2 Å². The topological polar surface area (TPSA) is 66.1 Å². The molecule has 168 valence electrons. The van der Waals surface area contributed by atoms with Crippen LogP contribution in [0.2, 0.25) is 5.02 Å². The van der Waals surface area contributed by atoms with Crippen LogP contribution in [0.25, 0.3) is 17.3 Å². The fourth-order valence-corrected chi connectivity index (χ4v) is 5.11. The number of halogens is 2. The van der Waals surface area contributed by atoms with E-state index in [0.717, 1.165) is 36.2 Å². The molecule has 1 fully saturated rings. The smallest absolute Gasteiger partial charge is 0.273 e. The Morgan fingerprint density at radius 1 is 1.21 bits per heavy atom. The molecule has 33 heavy (non-hydrogen) atoms. The van der Waals surface area contributed by atoms with Crippen LogP contribution >= 0.6 is 22.9 Å². The SMILES string of the molecule is CCc1ccc(-n2c(=O)/c(=C\c3c(F)cccc3Cl)s/c2=C(/C#N)C(=O)N2CCCC2)cc1. The molecule has 0 atom stereocenters. The zero-order valence-electron chi connectivity index (χ0n) is 18.0. The monoisotopic (exact) mass is 481 g/mol. The lowest BCUT2D eigenvalue weighted by Crippen LogP contribution is -2.35. The Kier molecular flexibility index (Phi) is 6.77. The van der Waals surface area contributed by atoms with Crippen molar-refractivity contribution >= 4 is 40.5 Å². The summed E-state index contributed by atoms with van der Waals surface area (Å²) in [5, 5.41) is 10.1. The standard InChI is InChI=1S/C25H21ClFN3O2S/c1-2-16-8-10-17(11-9-16)30-24(32)22(14-18-20(26)6-5-7-21(18)27)33-25(30)19(15-28)23(31)29-12-3-4-13-29/h5-11,14H,2-4,12-13H2,1H3/b22-14+,25-19-. The highest BCUT2D eigenvalue weighted by atomic mass is 35.5. The molecule has 0 saturated carbocycles. The van der Waals surface area contributed by atoms with Gasteiger partial charge in [0, 0.05) is 18.7 Å². The van der Waals surface area contributed by atoms with Gasteiger partial charge in [0.1, 0.15) is 16.5 Å². The number of likely N-dealkylation sites (tertiary alicyclic amines) is 1. The molecule has 4 rings (SSSR count). The number of nitrogens with zero attached hydrogens (tertiary/aromatic N) is 3. The maximum absolute atomic E-state index is 14.4. The number of carbonyl (C=O) groups is 1. The van der Waals surface area contributed by atoms with Crippen molar-refractivity contribution in [3.05, 3.63) is 84.0 Å². The normalized spacial score (nSPS) is 15.0. The molecule has 0 spiro atoms. The van der Waals surface area contributed by atoms with Gasteiger partial charge in [-0.3, -0.25) is 14.2 Å². The third-order valence-electron chi connectivity index (χ3n) is 5.63. The predicted molar refractivity (Wildman–Crippen MR) is 128 cm³/mol. The largest absolute Gasteiger partial charge is 0.338 e. The lowest BCUT2D eigenvalue weighted by Gasteiger charge is -2.14. The minimum absolute atomic E-state index is 0.0851. The molecule has 1 saturated heterocycles. The second-order valence-corrected chi connectivity index (χ2v) is 9.14. The predicted octanol–water partition coefficient (Wildman–Crippen LogP) is 3.38. The Bertz CT molecular complexity index is 1410. The Hall–Kier alpha value is -3.21. The van der Waals surface area contributed by atoms with Crippen LogP contribution in [0.5, 0.6) is 0 Å². The van der Waals surface area contributed by atoms with Crippen molar-refractivity contribution in [1.82, 2.24) is 9.47 Å². The highest BCUT2D eigenvalue weighted by Gasteiger charge is 2.24. The number of benzene rings is 2. The van der Waals surface area contributed by atoms with Gasteiger partial charge in [-0.05, 0) is 55.2 Å². The van der Waals surface area contributed by atoms with E-state index < -0.39 is 17.3 Å². The zero-order valence-corrected chi connectivity index (χ0v) is 19.5. The molecule has 0 aliphatic carbocycles. The molecular weight excluding hydrogens is 461 g/mol. The lowest BCUT2D eigenvalue weighted by atomic mass is 10.1. The molecule has 1 aliphatic rings. The van der Waals surface area contributed by atoms with Gasteiger partial charge in [0.25, 0.3) is 11.5 Å². The summed E-state index contributed by atoms with van der Waals surface area (Å²) < 4.78 is 16.2. The van der Waals surface area contributed by atoms with Gasteiger partial charge in [0.2, 0.25) is 0 Å². The summed E-state index contributed by atoms with van der Waals surface area (Å²) in [7, 11) is 0. The van der Waals surface area contributed by atoms with Gasteiger partial charge >= 0.3 is 0 Å². The molecule has 1 amide bonds. The quantitative estimate of drug-likeness (QED) is 0.573. The number of hydrogen-bond acceptors (Lipinski definition) is 4. The number of rotatable bonds is 4. The summed E-state index contributed by atoms with van der Waals surface area (Å²) >= 11 is 7.15. The third-order valence-corrected chi connectivity index (χ3v) is 7.06. The van der Waals surface area contributed by atoms with Crippen LogP contribution in [0.4, 0.5) is 4.39 Å². The fraction of sp³-hybridized carbons (Fsp3) is 0.240. The molecule has 1 aliphatic heterocycles. The van der Waals surface area contributed by atoms with Crippen molar-refractivity contribution in [3.63, 3.8) is 0 Å². The summed E-state index contributed by atoms with van der Waals surface area (Å²) in [6.45, 7) is 3.18. The van der Waals surface area contributed by atoms with Crippen molar-refractivity contribution < 1.29 is 9.18 Å². The lowest BCUT2D eigenvalue weighted by molar-refractivity contribution is -0.123. The van der Waals surface area contributed by atoms with E-state index in [4.69, 9.17) is 11.6 Å². The molecule has 0 bridgehead atoms. The molecule has 0 N–H and O–H groups in total. The Morgan fingerprint density at radius 3 is 2.52 bits per heavy atom. The first-order chi connectivity index (χ1) is 15.9. The van der Waals surface area contributed by atoms with Crippen LogP contribution < -0.4 is 14.8 Å². The average molecular weight is 482 g/mol. The highest BCUT2D eigenvalue weighted by Crippen LogP contribution is 2.19. The van der Waals surface area contributed by atoms with E-state index in [0.29, 0.717) is 18.8 Å². The Labute approximate surface area is 199 Å². The number of thiazole rings is 1. The zero-order chi connectivity index (χ0) is 23.5. The van der Waals surface area contributed by atoms with E-state index in [1.807, 2.05) is 25.1 Å². The van der Waals surface area contributed by atoms with E-state index in [2.05, 4.69) is 0 Å². The number of carbonyl (C=O) groups excluding carboxylic acids is 1. The molecule has 8 heteroatoms. The first kappa shape index (κ1) is 23.0. The van der Waals surface area contributed by atoms with Crippen molar-refractivity contribution in [1.29, 1.82) is 5.26 Å². The number of amides is 1. The first-order valence-corrected chi connectivity index (χ1v) is 11.8. The first-order valence-electron chi connectivity index (χ1n) is 10.6. The van der Waals surface area contributed by atoms with Crippen LogP contribution in [-0.4, -0.2) is 28.5 Å². The molecule has 0 unspecified atom stereocenters. The van der Waals surface area contributed by atoms with Crippen molar-refractivity contribution in [2.45, 2.75) is 26.2 Å². The van der Waals surface area contributed by atoms with E-state index >= 15 is 0 Å². The van der Waals surface area contributed by atoms with Gasteiger partial charge in [-0.1, -0.05) is 36.7 Å². The number of nitriles is 1. The second-order valence-electron chi connectivity index (χ2n) is 7.70. The molecule has 2 heterocycles. The van der Waals surface area contributed by atoms with E-state index in [9.17, 15) is 19.2 Å². The second kappa shape index (κ2) is 9.74. The van der Waals surface area contributed by atoms with Crippen molar-refractivity contribution in [2.24, 2.45) is 0 Å². The van der Waals surface area contributed by atoms with Gasteiger partial charge in [-0.25, -0.2) is 4.39 Å². The number of hydrogen-bond donors (Lipinski definition) is 0. The maximum Gasteiger partial charge on any atom is 0.273 e. The maximum atomic E-state index is 14.4. The summed E-state index contributed by atoms with van der Waals surface area (Å²) in [6.07, 6.45) is 3.97. The summed E-state index contributed by atoms with van der Waals surface area (Å²) in [5.41, 5.74) is 1.16. The molecule has 2 aromatic carbocycles. The van der Waals surface area contributed by atoms with Gasteiger partial charge in [-0.2, -0.15) is 5.26 Å². The van der Waals surface area contributed by atoms with Gasteiger partial charge in [-0.15, -0.1) is 11.3 Å². The van der Waals surface area contributed by atoms with E-state index in [1.54, 1.807) is 17.0 Å². The van der Waals surface area contributed by atoms with Crippen LogP contribution in [0, 0.1) is 17.1 Å². The molecule has 0 radical (unpaired) electrons. The number of aromatic nitrogens is 1. The number of aryl methyl sites for hydroxylation is 1. The third kappa shape index (κ3) is 4.50. The average Bonchev–Trinajstić information content (AvgIpc) is 3.46.